The highest BCUT2D eigenvalue weighted by atomic mass is 35.5. The van der Waals surface area contributed by atoms with Gasteiger partial charge in [-0.05, 0) is 48.4 Å². The van der Waals surface area contributed by atoms with Crippen molar-refractivity contribution in [3.05, 3.63) is 59.2 Å². The molecular formula is C16H15ClN2. The van der Waals surface area contributed by atoms with Crippen molar-refractivity contribution >= 4 is 23.0 Å². The summed E-state index contributed by atoms with van der Waals surface area (Å²) in [6.07, 6.45) is 0. The number of benzene rings is 2. The maximum atomic E-state index is 8.81. The molecule has 0 saturated carbocycles. The first-order valence-corrected chi connectivity index (χ1v) is 6.58. The molecule has 3 heteroatoms. The second-order valence-electron chi connectivity index (χ2n) is 4.47. The zero-order chi connectivity index (χ0) is 13.8. The molecule has 0 aliphatic rings. The molecule has 0 aromatic heterocycles. The number of anilines is 2. The van der Waals surface area contributed by atoms with Crippen molar-refractivity contribution in [1.82, 2.24) is 0 Å². The molecule has 2 aromatic rings. The number of nitriles is 1. The third kappa shape index (κ3) is 2.89. The molecule has 0 bridgehead atoms. The van der Waals surface area contributed by atoms with Crippen molar-refractivity contribution < 1.29 is 0 Å². The Kier molecular flexibility index (Phi) is 4.09. The molecule has 0 saturated heterocycles. The lowest BCUT2D eigenvalue weighted by Crippen LogP contribution is -2.10. The zero-order valence-corrected chi connectivity index (χ0v) is 11.8. The van der Waals surface area contributed by atoms with Gasteiger partial charge in [0.15, 0.2) is 0 Å². The Labute approximate surface area is 118 Å². The SMILES string of the molecule is Cc1cc(CCl)ccc1N(C)c1ccc(C#N)cc1. The fourth-order valence-corrected chi connectivity index (χ4v) is 2.24. The molecule has 0 aliphatic heterocycles. The third-order valence-electron chi connectivity index (χ3n) is 3.16. The van der Waals surface area contributed by atoms with Crippen LogP contribution in [0.2, 0.25) is 0 Å². The van der Waals surface area contributed by atoms with Crippen molar-refractivity contribution in [2.45, 2.75) is 12.8 Å². The fourth-order valence-electron chi connectivity index (χ4n) is 2.08. The second-order valence-corrected chi connectivity index (χ2v) is 4.74. The molecule has 0 amide bonds. The lowest BCUT2D eigenvalue weighted by atomic mass is 10.1. The smallest absolute Gasteiger partial charge is 0.0991 e. The van der Waals surface area contributed by atoms with Crippen LogP contribution >= 0.6 is 11.6 Å². The van der Waals surface area contributed by atoms with Gasteiger partial charge in [-0.2, -0.15) is 5.26 Å². The normalized spacial score (nSPS) is 10.0. The van der Waals surface area contributed by atoms with E-state index in [4.69, 9.17) is 16.9 Å². The van der Waals surface area contributed by atoms with Gasteiger partial charge >= 0.3 is 0 Å². The predicted octanol–water partition coefficient (Wildman–Crippen LogP) is 4.37. The van der Waals surface area contributed by atoms with E-state index in [1.807, 2.05) is 37.4 Å². The molecule has 0 heterocycles. The van der Waals surface area contributed by atoms with Gasteiger partial charge in [0.25, 0.3) is 0 Å². The summed E-state index contributed by atoms with van der Waals surface area (Å²) in [6.45, 7) is 2.07. The van der Waals surface area contributed by atoms with Crippen molar-refractivity contribution in [2.24, 2.45) is 0 Å². The van der Waals surface area contributed by atoms with Crippen molar-refractivity contribution in [3.63, 3.8) is 0 Å². The van der Waals surface area contributed by atoms with Crippen LogP contribution in [-0.2, 0) is 5.88 Å². The van der Waals surface area contributed by atoms with E-state index in [1.165, 1.54) is 5.56 Å². The van der Waals surface area contributed by atoms with Gasteiger partial charge in [0.05, 0.1) is 11.6 Å². The van der Waals surface area contributed by atoms with E-state index in [0.717, 1.165) is 16.9 Å². The van der Waals surface area contributed by atoms with Crippen LogP contribution in [0.3, 0.4) is 0 Å². The standard InChI is InChI=1S/C16H15ClN2/c1-12-9-14(10-17)5-8-16(12)19(2)15-6-3-13(11-18)4-7-15/h3-9H,10H2,1-2H3. The first-order chi connectivity index (χ1) is 9.15. The molecule has 2 nitrogen and oxygen atoms in total. The lowest BCUT2D eigenvalue weighted by Gasteiger charge is -2.22. The van der Waals surface area contributed by atoms with Gasteiger partial charge < -0.3 is 4.90 Å². The van der Waals surface area contributed by atoms with Crippen LogP contribution in [0.1, 0.15) is 16.7 Å². The summed E-state index contributed by atoms with van der Waals surface area (Å²) < 4.78 is 0. The summed E-state index contributed by atoms with van der Waals surface area (Å²) in [5, 5.41) is 8.81. The Morgan fingerprint density at radius 3 is 2.37 bits per heavy atom. The van der Waals surface area contributed by atoms with Gasteiger partial charge in [0.2, 0.25) is 0 Å². The van der Waals surface area contributed by atoms with Crippen LogP contribution in [0.5, 0.6) is 0 Å². The quantitative estimate of drug-likeness (QED) is 0.774. The van der Waals surface area contributed by atoms with Gasteiger partial charge in [0.1, 0.15) is 0 Å². The monoisotopic (exact) mass is 270 g/mol. The topological polar surface area (TPSA) is 27.0 Å². The van der Waals surface area contributed by atoms with Crippen LogP contribution in [-0.4, -0.2) is 7.05 Å². The number of halogens is 1. The molecule has 2 aromatic carbocycles. The zero-order valence-electron chi connectivity index (χ0n) is 11.0. The van der Waals surface area contributed by atoms with E-state index in [2.05, 4.69) is 30.0 Å². The Balaban J connectivity index is 2.32. The highest BCUT2D eigenvalue weighted by Gasteiger charge is 2.07. The minimum atomic E-state index is 0.529. The Morgan fingerprint density at radius 2 is 1.84 bits per heavy atom. The van der Waals surface area contributed by atoms with E-state index in [0.29, 0.717) is 11.4 Å². The maximum absolute atomic E-state index is 8.81. The highest BCUT2D eigenvalue weighted by Crippen LogP contribution is 2.27. The van der Waals surface area contributed by atoms with Gasteiger partial charge in [-0.3, -0.25) is 0 Å². The van der Waals surface area contributed by atoms with Crippen LogP contribution in [0, 0.1) is 18.3 Å². The van der Waals surface area contributed by atoms with Gasteiger partial charge in [-0.1, -0.05) is 12.1 Å². The minimum Gasteiger partial charge on any atom is -0.344 e. The van der Waals surface area contributed by atoms with E-state index in [-0.39, 0.29) is 0 Å². The highest BCUT2D eigenvalue weighted by molar-refractivity contribution is 6.17. The van der Waals surface area contributed by atoms with Gasteiger partial charge in [0, 0.05) is 24.3 Å². The number of nitrogens with zero attached hydrogens (tertiary/aromatic N) is 2. The van der Waals surface area contributed by atoms with Crippen molar-refractivity contribution in [1.29, 1.82) is 5.26 Å². The molecule has 96 valence electrons. The predicted molar refractivity (Wildman–Crippen MR) is 80.0 cm³/mol. The largest absolute Gasteiger partial charge is 0.344 e. The van der Waals surface area contributed by atoms with Crippen LogP contribution in [0.4, 0.5) is 11.4 Å². The van der Waals surface area contributed by atoms with Gasteiger partial charge in [-0.25, -0.2) is 0 Å². The summed E-state index contributed by atoms with van der Waals surface area (Å²) in [4.78, 5) is 2.11. The molecule has 19 heavy (non-hydrogen) atoms. The molecule has 0 radical (unpaired) electrons. The number of alkyl halides is 1. The minimum absolute atomic E-state index is 0.529. The Morgan fingerprint density at radius 1 is 1.16 bits per heavy atom. The van der Waals surface area contributed by atoms with Crippen LogP contribution in [0.15, 0.2) is 42.5 Å². The molecule has 0 N–H and O–H groups in total. The van der Waals surface area contributed by atoms with Crippen LogP contribution < -0.4 is 4.90 Å². The first-order valence-electron chi connectivity index (χ1n) is 6.05. The number of hydrogen-bond acceptors (Lipinski definition) is 2. The average Bonchev–Trinajstić information content (AvgIpc) is 2.46. The fraction of sp³-hybridized carbons (Fsp3) is 0.188. The summed E-state index contributed by atoms with van der Waals surface area (Å²) in [6, 6.07) is 15.9. The third-order valence-corrected chi connectivity index (χ3v) is 3.47. The maximum Gasteiger partial charge on any atom is 0.0991 e. The second kappa shape index (κ2) is 5.77. The van der Waals surface area contributed by atoms with Gasteiger partial charge in [-0.15, -0.1) is 11.6 Å². The molecule has 2 rings (SSSR count). The molecule has 0 fully saturated rings. The molecule has 0 aliphatic carbocycles. The first kappa shape index (κ1) is 13.5. The lowest BCUT2D eigenvalue weighted by molar-refractivity contribution is 1.17. The summed E-state index contributed by atoms with van der Waals surface area (Å²) >= 11 is 5.84. The van der Waals surface area contributed by atoms with Crippen molar-refractivity contribution in [3.8, 4) is 6.07 Å². The van der Waals surface area contributed by atoms with Crippen LogP contribution in [0.25, 0.3) is 0 Å². The van der Waals surface area contributed by atoms with E-state index >= 15 is 0 Å². The Bertz CT molecular complexity index is 612. The summed E-state index contributed by atoms with van der Waals surface area (Å²) in [7, 11) is 2.02. The number of hydrogen-bond donors (Lipinski definition) is 0. The number of rotatable bonds is 3. The summed E-state index contributed by atoms with van der Waals surface area (Å²) in [5.41, 5.74) is 5.17. The molecular weight excluding hydrogens is 256 g/mol. The number of aryl methyl sites for hydroxylation is 1. The average molecular weight is 271 g/mol. The van der Waals surface area contributed by atoms with E-state index < -0.39 is 0 Å². The molecule has 0 unspecified atom stereocenters. The molecule has 0 atom stereocenters. The van der Waals surface area contributed by atoms with Crippen molar-refractivity contribution in [2.75, 3.05) is 11.9 Å². The Hall–Kier alpha value is -1.98. The summed E-state index contributed by atoms with van der Waals surface area (Å²) in [5.74, 6) is 0.529. The molecule has 0 spiro atoms. The van der Waals surface area contributed by atoms with E-state index in [1.54, 1.807) is 0 Å². The van der Waals surface area contributed by atoms with E-state index in [9.17, 15) is 0 Å².